The fraction of sp³-hybridized carbons (Fsp3) is 0.250. The van der Waals surface area contributed by atoms with Crippen LogP contribution in [0, 0.1) is 13.8 Å². The van der Waals surface area contributed by atoms with E-state index in [0.29, 0.717) is 17.0 Å². The van der Waals surface area contributed by atoms with E-state index in [1.54, 1.807) is 50.2 Å². The summed E-state index contributed by atoms with van der Waals surface area (Å²) in [5, 5.41) is 0. The Kier molecular flexibility index (Phi) is 7.35. The van der Waals surface area contributed by atoms with Gasteiger partial charge < -0.3 is 14.5 Å². The molecule has 9 heteroatoms. The minimum Gasteiger partial charge on any atom is -0.497 e. The number of hydrogen-bond acceptors (Lipinski definition) is 6. The van der Waals surface area contributed by atoms with Gasteiger partial charge in [0.05, 0.1) is 36.9 Å². The first-order valence-corrected chi connectivity index (χ1v) is 11.6. The molecule has 0 amide bonds. The topological polar surface area (TPSA) is 106 Å². The molecule has 8 nitrogen and oxygen atoms in total. The lowest BCUT2D eigenvalue weighted by molar-refractivity contribution is 0.0599. The van der Waals surface area contributed by atoms with Crippen molar-refractivity contribution in [3.05, 3.63) is 82.7 Å². The van der Waals surface area contributed by atoms with E-state index in [0.717, 1.165) is 9.87 Å². The maximum absolute atomic E-state index is 13.5. The Hall–Kier alpha value is -3.43. The van der Waals surface area contributed by atoms with Crippen LogP contribution in [0.5, 0.6) is 5.75 Å². The molecule has 174 valence electrons. The summed E-state index contributed by atoms with van der Waals surface area (Å²) in [7, 11) is -1.26. The number of aromatic nitrogens is 1. The van der Waals surface area contributed by atoms with Gasteiger partial charge in [-0.2, -0.15) is 4.31 Å². The van der Waals surface area contributed by atoms with Crippen LogP contribution in [0.1, 0.15) is 37.7 Å². The zero-order valence-electron chi connectivity index (χ0n) is 18.9. The maximum atomic E-state index is 13.5. The lowest BCUT2D eigenvalue weighted by atomic mass is 10.1. The normalized spacial score (nSPS) is 11.4. The molecule has 1 heterocycles. The number of ether oxygens (including phenoxy) is 2. The van der Waals surface area contributed by atoms with Crippen LogP contribution in [0.25, 0.3) is 0 Å². The number of hydrogen-bond donors (Lipinski definition) is 1. The molecule has 0 aliphatic heterocycles. The number of rotatable bonds is 9. The SMILES string of the molecule is COC(=O)c1c(C)[nH]c(C(=O)CN(Cc2ccccc2)S(=O)(=O)c2ccc(OC)cc2)c1C. The van der Waals surface area contributed by atoms with Gasteiger partial charge >= 0.3 is 5.97 Å². The second-order valence-corrected chi connectivity index (χ2v) is 9.41. The summed E-state index contributed by atoms with van der Waals surface area (Å²) in [4.78, 5) is 28.3. The summed E-state index contributed by atoms with van der Waals surface area (Å²) in [6.45, 7) is 2.88. The number of aromatic amines is 1. The Morgan fingerprint density at radius 3 is 2.18 bits per heavy atom. The van der Waals surface area contributed by atoms with Gasteiger partial charge in [-0.1, -0.05) is 30.3 Å². The number of nitrogens with zero attached hydrogens (tertiary/aromatic N) is 1. The van der Waals surface area contributed by atoms with E-state index in [1.165, 1.54) is 26.4 Å². The average Bonchev–Trinajstić information content (AvgIpc) is 3.12. The Labute approximate surface area is 193 Å². The smallest absolute Gasteiger partial charge is 0.339 e. The van der Waals surface area contributed by atoms with Crippen LogP contribution >= 0.6 is 0 Å². The molecule has 3 rings (SSSR count). The van der Waals surface area contributed by atoms with E-state index in [2.05, 4.69) is 4.98 Å². The number of H-pyrrole nitrogens is 1. The molecule has 0 atom stereocenters. The van der Waals surface area contributed by atoms with E-state index in [-0.39, 0.29) is 22.7 Å². The first-order chi connectivity index (χ1) is 15.7. The summed E-state index contributed by atoms with van der Waals surface area (Å²) in [6, 6.07) is 15.0. The predicted octanol–water partition coefficient (Wildman–Crippen LogP) is 3.50. The molecule has 1 N–H and O–H groups in total. The molecule has 0 spiro atoms. The lowest BCUT2D eigenvalue weighted by Gasteiger charge is -2.22. The van der Waals surface area contributed by atoms with Gasteiger partial charge in [0.25, 0.3) is 0 Å². The Morgan fingerprint density at radius 1 is 0.970 bits per heavy atom. The number of ketones is 1. The molecule has 2 aromatic carbocycles. The first-order valence-electron chi connectivity index (χ1n) is 10.2. The zero-order valence-corrected chi connectivity index (χ0v) is 19.7. The summed E-state index contributed by atoms with van der Waals surface area (Å²) in [5.41, 5.74) is 2.09. The number of esters is 1. The number of sulfonamides is 1. The highest BCUT2D eigenvalue weighted by Crippen LogP contribution is 2.24. The Bertz CT molecular complexity index is 1250. The van der Waals surface area contributed by atoms with Crippen molar-refractivity contribution in [3.63, 3.8) is 0 Å². The van der Waals surface area contributed by atoms with Gasteiger partial charge in [-0.3, -0.25) is 4.79 Å². The molecule has 3 aromatic rings. The van der Waals surface area contributed by atoms with E-state index in [9.17, 15) is 18.0 Å². The van der Waals surface area contributed by atoms with Crippen molar-refractivity contribution in [3.8, 4) is 5.75 Å². The second-order valence-electron chi connectivity index (χ2n) is 7.47. The molecule has 0 saturated carbocycles. The van der Waals surface area contributed by atoms with Gasteiger partial charge in [-0.25, -0.2) is 13.2 Å². The predicted molar refractivity (Wildman–Crippen MR) is 123 cm³/mol. The van der Waals surface area contributed by atoms with E-state index < -0.39 is 28.3 Å². The third-order valence-electron chi connectivity index (χ3n) is 5.32. The van der Waals surface area contributed by atoms with Crippen molar-refractivity contribution in [2.75, 3.05) is 20.8 Å². The molecule has 1 aromatic heterocycles. The van der Waals surface area contributed by atoms with Crippen molar-refractivity contribution < 1.29 is 27.5 Å². The molecule has 0 aliphatic rings. The van der Waals surface area contributed by atoms with Crippen molar-refractivity contribution >= 4 is 21.8 Å². The number of nitrogens with one attached hydrogen (secondary N) is 1. The number of carbonyl (C=O) groups is 2. The fourth-order valence-corrected chi connectivity index (χ4v) is 4.97. The molecule has 0 fully saturated rings. The van der Waals surface area contributed by atoms with Crippen LogP contribution in [0.4, 0.5) is 0 Å². The number of aryl methyl sites for hydroxylation is 1. The van der Waals surface area contributed by atoms with E-state index in [4.69, 9.17) is 9.47 Å². The zero-order chi connectivity index (χ0) is 24.2. The van der Waals surface area contributed by atoms with Crippen molar-refractivity contribution in [2.45, 2.75) is 25.3 Å². The summed E-state index contributed by atoms with van der Waals surface area (Å²) in [6.07, 6.45) is 0. The average molecular weight is 471 g/mol. The molecule has 0 bridgehead atoms. The number of carbonyl (C=O) groups excluding carboxylic acids is 2. The van der Waals surface area contributed by atoms with Gasteiger partial charge in [0.2, 0.25) is 10.0 Å². The quantitative estimate of drug-likeness (QED) is 0.379. The van der Waals surface area contributed by atoms with Gasteiger partial charge in [-0.05, 0) is 49.2 Å². The van der Waals surface area contributed by atoms with Crippen LogP contribution in [0.3, 0.4) is 0 Å². The number of Topliss-reactive ketones (excluding diaryl/α,β-unsaturated/α-hetero) is 1. The van der Waals surface area contributed by atoms with E-state index in [1.807, 2.05) is 6.07 Å². The van der Waals surface area contributed by atoms with Crippen molar-refractivity contribution in [2.24, 2.45) is 0 Å². The standard InChI is InChI=1S/C24H26N2O6S/c1-16-22(24(28)32-4)17(2)25-23(16)21(27)15-26(14-18-8-6-5-7-9-18)33(29,30)20-12-10-19(31-3)11-13-20/h5-13,25H,14-15H2,1-4H3. The highest BCUT2D eigenvalue weighted by Gasteiger charge is 2.30. The lowest BCUT2D eigenvalue weighted by Crippen LogP contribution is -2.35. The van der Waals surface area contributed by atoms with Gasteiger partial charge in [0.1, 0.15) is 5.75 Å². The summed E-state index contributed by atoms with van der Waals surface area (Å²) in [5.74, 6) is -0.501. The van der Waals surface area contributed by atoms with Crippen molar-refractivity contribution in [1.82, 2.24) is 9.29 Å². The van der Waals surface area contributed by atoms with Gasteiger partial charge in [-0.15, -0.1) is 0 Å². The molecular weight excluding hydrogens is 444 g/mol. The fourth-order valence-electron chi connectivity index (χ4n) is 3.59. The second kappa shape index (κ2) is 10.0. The van der Waals surface area contributed by atoms with Gasteiger partial charge in [0.15, 0.2) is 5.78 Å². The van der Waals surface area contributed by atoms with Crippen LogP contribution < -0.4 is 4.74 Å². The van der Waals surface area contributed by atoms with Gasteiger partial charge in [0, 0.05) is 12.2 Å². The maximum Gasteiger partial charge on any atom is 0.339 e. The minimum atomic E-state index is -4.01. The summed E-state index contributed by atoms with van der Waals surface area (Å²) < 4.78 is 38.0. The van der Waals surface area contributed by atoms with Crippen LogP contribution in [-0.2, 0) is 21.3 Å². The highest BCUT2D eigenvalue weighted by molar-refractivity contribution is 7.89. The number of methoxy groups -OCH3 is 2. The van der Waals surface area contributed by atoms with Crippen LogP contribution in [0.2, 0.25) is 0 Å². The van der Waals surface area contributed by atoms with E-state index >= 15 is 0 Å². The number of benzene rings is 2. The first kappa shape index (κ1) is 24.2. The third kappa shape index (κ3) is 5.15. The third-order valence-corrected chi connectivity index (χ3v) is 7.13. The Balaban J connectivity index is 1.98. The molecule has 33 heavy (non-hydrogen) atoms. The van der Waals surface area contributed by atoms with Crippen LogP contribution in [-0.4, -0.2) is 50.2 Å². The minimum absolute atomic E-state index is 0.00351. The molecule has 0 aliphatic carbocycles. The molecule has 0 radical (unpaired) electrons. The molecule has 0 saturated heterocycles. The monoisotopic (exact) mass is 470 g/mol. The summed E-state index contributed by atoms with van der Waals surface area (Å²) >= 11 is 0. The highest BCUT2D eigenvalue weighted by atomic mass is 32.2. The van der Waals surface area contributed by atoms with Crippen molar-refractivity contribution in [1.29, 1.82) is 0 Å². The Morgan fingerprint density at radius 2 is 1.61 bits per heavy atom. The van der Waals surface area contributed by atoms with Crippen LogP contribution in [0.15, 0.2) is 59.5 Å². The molecule has 0 unspecified atom stereocenters. The molecular formula is C24H26N2O6S. The largest absolute Gasteiger partial charge is 0.497 e.